The molecule has 2 fully saturated rings. The van der Waals surface area contributed by atoms with E-state index < -0.39 is 0 Å². The molecule has 1 spiro atoms. The Labute approximate surface area is 147 Å². The van der Waals surface area contributed by atoms with Gasteiger partial charge < -0.3 is 9.47 Å². The number of aromatic nitrogens is 2. The van der Waals surface area contributed by atoms with Crippen molar-refractivity contribution in [1.82, 2.24) is 14.5 Å². The third-order valence-electron chi connectivity index (χ3n) is 5.45. The fourth-order valence-electron chi connectivity index (χ4n) is 4.33. The van der Waals surface area contributed by atoms with Gasteiger partial charge in [-0.25, -0.2) is 9.37 Å². The fourth-order valence-corrected chi connectivity index (χ4v) is 4.33. The van der Waals surface area contributed by atoms with E-state index in [2.05, 4.69) is 38.1 Å². The predicted molar refractivity (Wildman–Crippen MR) is 101 cm³/mol. The highest BCUT2D eigenvalue weighted by Gasteiger charge is 2.51. The van der Waals surface area contributed by atoms with Gasteiger partial charge in [0.15, 0.2) is 0 Å². The van der Waals surface area contributed by atoms with Crippen molar-refractivity contribution in [3.05, 3.63) is 30.0 Å². The fraction of sp³-hybridized carbons (Fsp3) is 0.474. The van der Waals surface area contributed by atoms with Crippen molar-refractivity contribution in [3.8, 4) is 0 Å². The Kier molecular flexibility index (Phi) is 3.87. The maximum atomic E-state index is 12.4. The Morgan fingerprint density at radius 1 is 1.32 bits per heavy atom. The van der Waals surface area contributed by atoms with Gasteiger partial charge in [0.05, 0.1) is 5.69 Å². The van der Waals surface area contributed by atoms with Crippen LogP contribution in [0.4, 0.5) is 10.2 Å². The van der Waals surface area contributed by atoms with Crippen LogP contribution in [0.5, 0.6) is 0 Å². The van der Waals surface area contributed by atoms with Crippen LogP contribution in [-0.4, -0.2) is 67.1 Å². The summed E-state index contributed by atoms with van der Waals surface area (Å²) in [6, 6.07) is 4.22. The van der Waals surface area contributed by atoms with Crippen molar-refractivity contribution >= 4 is 29.1 Å². The van der Waals surface area contributed by atoms with Gasteiger partial charge in [-0.3, -0.25) is 9.89 Å². The predicted octanol–water partition coefficient (Wildman–Crippen LogP) is 2.36. The standard InChI is InChI=1S/C19H24FN5/c1-4-16-15(9-21-2)14-5-6-17(22-18(14)23(16)3)25-12-19(13-25)10-24(11-19)8-7-20/h4-6,9H,1,7-8,10-13H2,2-3H3. The summed E-state index contributed by atoms with van der Waals surface area (Å²) in [4.78, 5) is 13.6. The van der Waals surface area contributed by atoms with Crippen LogP contribution in [0.2, 0.25) is 0 Å². The Balaban J connectivity index is 1.57. The molecule has 0 aliphatic carbocycles. The molecule has 132 valence electrons. The number of nitrogens with zero attached hydrogens (tertiary/aromatic N) is 5. The van der Waals surface area contributed by atoms with E-state index in [0.717, 1.165) is 54.3 Å². The molecule has 2 aliphatic heterocycles. The molecule has 2 aromatic rings. The second-order valence-corrected chi connectivity index (χ2v) is 7.25. The van der Waals surface area contributed by atoms with E-state index in [1.807, 2.05) is 19.3 Å². The van der Waals surface area contributed by atoms with Crippen LogP contribution in [0.1, 0.15) is 11.3 Å². The minimum absolute atomic E-state index is 0.249. The first-order chi connectivity index (χ1) is 12.1. The van der Waals surface area contributed by atoms with Gasteiger partial charge in [-0.15, -0.1) is 0 Å². The van der Waals surface area contributed by atoms with E-state index in [0.29, 0.717) is 12.0 Å². The van der Waals surface area contributed by atoms with Crippen LogP contribution in [0.3, 0.4) is 0 Å². The number of fused-ring (bicyclic) bond motifs is 1. The monoisotopic (exact) mass is 341 g/mol. The maximum Gasteiger partial charge on any atom is 0.143 e. The molecule has 0 bridgehead atoms. The molecule has 0 atom stereocenters. The Morgan fingerprint density at radius 2 is 2.08 bits per heavy atom. The van der Waals surface area contributed by atoms with E-state index >= 15 is 0 Å². The number of likely N-dealkylation sites (tertiary alicyclic amines) is 1. The number of halogens is 1. The molecule has 2 aromatic heterocycles. The molecule has 5 nitrogen and oxygen atoms in total. The normalized spacial score (nSPS) is 19.6. The summed E-state index contributed by atoms with van der Waals surface area (Å²) < 4.78 is 14.5. The van der Waals surface area contributed by atoms with Crippen LogP contribution < -0.4 is 4.90 Å². The molecule has 0 aromatic carbocycles. The van der Waals surface area contributed by atoms with Gasteiger partial charge in [0.1, 0.15) is 18.1 Å². The second kappa shape index (κ2) is 5.95. The first-order valence-electron chi connectivity index (χ1n) is 8.68. The topological polar surface area (TPSA) is 36.7 Å². The lowest BCUT2D eigenvalue weighted by atomic mass is 9.73. The molecule has 0 amide bonds. The van der Waals surface area contributed by atoms with Crippen molar-refractivity contribution in [2.75, 3.05) is 51.3 Å². The molecule has 25 heavy (non-hydrogen) atoms. The summed E-state index contributed by atoms with van der Waals surface area (Å²) in [5.74, 6) is 1.01. The van der Waals surface area contributed by atoms with Crippen LogP contribution >= 0.6 is 0 Å². The minimum atomic E-state index is -0.249. The van der Waals surface area contributed by atoms with E-state index in [9.17, 15) is 4.39 Å². The number of aliphatic imine (C=N–C) groups is 1. The van der Waals surface area contributed by atoms with Crippen molar-refractivity contribution in [2.24, 2.45) is 17.5 Å². The van der Waals surface area contributed by atoms with Crippen LogP contribution in [0.15, 0.2) is 23.7 Å². The third-order valence-corrected chi connectivity index (χ3v) is 5.45. The number of pyridine rings is 1. The van der Waals surface area contributed by atoms with Gasteiger partial charge in [-0.05, 0) is 18.2 Å². The number of hydrogen-bond acceptors (Lipinski definition) is 4. The summed E-state index contributed by atoms with van der Waals surface area (Å²) >= 11 is 0. The summed E-state index contributed by atoms with van der Waals surface area (Å²) in [6.07, 6.45) is 3.72. The summed E-state index contributed by atoms with van der Waals surface area (Å²) in [7, 11) is 3.79. The van der Waals surface area contributed by atoms with E-state index in [-0.39, 0.29) is 6.67 Å². The number of rotatable bonds is 5. The molecule has 0 radical (unpaired) electrons. The van der Waals surface area contributed by atoms with Gasteiger partial charge >= 0.3 is 0 Å². The maximum absolute atomic E-state index is 12.4. The molecule has 2 aliphatic rings. The number of anilines is 1. The van der Waals surface area contributed by atoms with Gasteiger partial charge in [-0.2, -0.15) is 0 Å². The lowest BCUT2D eigenvalue weighted by molar-refractivity contribution is -0.0244. The Bertz CT molecular complexity index is 839. The highest BCUT2D eigenvalue weighted by molar-refractivity contribution is 6.02. The zero-order chi connectivity index (χ0) is 17.6. The summed E-state index contributed by atoms with van der Waals surface area (Å²) in [5.41, 5.74) is 3.41. The molecule has 6 heteroatoms. The van der Waals surface area contributed by atoms with Gasteiger partial charge in [0.25, 0.3) is 0 Å². The molecule has 0 unspecified atom stereocenters. The number of aryl methyl sites for hydroxylation is 1. The lowest BCUT2D eigenvalue weighted by Gasteiger charge is -2.60. The van der Waals surface area contributed by atoms with Gasteiger partial charge in [0, 0.05) is 69.4 Å². The average Bonchev–Trinajstić information content (AvgIpc) is 2.80. The van der Waals surface area contributed by atoms with Crippen molar-refractivity contribution in [3.63, 3.8) is 0 Å². The quantitative estimate of drug-likeness (QED) is 0.784. The molecule has 4 heterocycles. The smallest absolute Gasteiger partial charge is 0.143 e. The number of alkyl halides is 1. The van der Waals surface area contributed by atoms with E-state index in [4.69, 9.17) is 4.98 Å². The van der Waals surface area contributed by atoms with Crippen LogP contribution in [0, 0.1) is 5.41 Å². The minimum Gasteiger partial charge on any atom is -0.355 e. The molecule has 0 saturated carbocycles. The largest absolute Gasteiger partial charge is 0.355 e. The summed E-state index contributed by atoms with van der Waals surface area (Å²) in [5, 5.41) is 1.10. The zero-order valence-corrected chi connectivity index (χ0v) is 14.9. The number of hydrogen-bond donors (Lipinski definition) is 0. The highest BCUT2D eigenvalue weighted by Crippen LogP contribution is 2.41. The Hall–Kier alpha value is -2.21. The van der Waals surface area contributed by atoms with Crippen molar-refractivity contribution in [1.29, 1.82) is 0 Å². The van der Waals surface area contributed by atoms with Crippen molar-refractivity contribution < 1.29 is 4.39 Å². The van der Waals surface area contributed by atoms with Gasteiger partial charge in [-0.1, -0.05) is 6.58 Å². The molecule has 2 saturated heterocycles. The lowest BCUT2D eigenvalue weighted by Crippen LogP contribution is -2.72. The van der Waals surface area contributed by atoms with Crippen molar-refractivity contribution in [2.45, 2.75) is 0 Å². The van der Waals surface area contributed by atoms with Gasteiger partial charge in [0.2, 0.25) is 0 Å². The average molecular weight is 341 g/mol. The SMILES string of the molecule is C=Cc1c(C=NC)c2ccc(N3CC4(CN(CCF)C4)C3)nc2n1C. The third kappa shape index (κ3) is 2.47. The first kappa shape index (κ1) is 16.3. The molecule has 4 rings (SSSR count). The molecular formula is C19H24FN5. The van der Waals surface area contributed by atoms with Crippen LogP contribution in [0.25, 0.3) is 17.1 Å². The van der Waals surface area contributed by atoms with E-state index in [1.165, 1.54) is 0 Å². The zero-order valence-electron chi connectivity index (χ0n) is 14.9. The Morgan fingerprint density at radius 3 is 2.72 bits per heavy atom. The van der Waals surface area contributed by atoms with Crippen LogP contribution in [-0.2, 0) is 7.05 Å². The second-order valence-electron chi connectivity index (χ2n) is 7.25. The van der Waals surface area contributed by atoms with E-state index in [1.54, 1.807) is 7.05 Å². The highest BCUT2D eigenvalue weighted by atomic mass is 19.1. The summed E-state index contributed by atoms with van der Waals surface area (Å²) in [6.45, 7) is 8.29. The first-order valence-corrected chi connectivity index (χ1v) is 8.68. The molecular weight excluding hydrogens is 317 g/mol. The molecule has 0 N–H and O–H groups in total.